The Morgan fingerprint density at radius 2 is 1.79 bits per heavy atom. The van der Waals surface area contributed by atoms with Gasteiger partial charge in [0.2, 0.25) is 5.76 Å². The van der Waals surface area contributed by atoms with E-state index >= 15 is 0 Å². The highest BCUT2D eigenvalue weighted by molar-refractivity contribution is 8.13. The molecule has 1 saturated heterocycles. The van der Waals surface area contributed by atoms with Crippen LogP contribution in [0.25, 0.3) is 17.0 Å². The van der Waals surface area contributed by atoms with E-state index in [1.54, 1.807) is 6.07 Å². The molecule has 0 amide bonds. The maximum Gasteiger partial charge on any atom is 0.491 e. The highest BCUT2D eigenvalue weighted by Crippen LogP contribution is 2.39. The zero-order valence-electron chi connectivity index (χ0n) is 16.6. The van der Waals surface area contributed by atoms with Crippen molar-refractivity contribution >= 4 is 47.0 Å². The Kier molecular flexibility index (Phi) is 5.49. The number of benzene rings is 1. The molecule has 1 N–H and O–H groups in total. The monoisotopic (exact) mass is 402 g/mol. The molecule has 0 aliphatic carbocycles. The van der Waals surface area contributed by atoms with Gasteiger partial charge in [-0.15, -0.1) is 0 Å². The van der Waals surface area contributed by atoms with Crippen LogP contribution in [0.2, 0.25) is 0 Å². The number of aromatic carboxylic acids is 1. The molecule has 0 bridgehead atoms. The number of thioether (sulfide) groups is 1. The minimum atomic E-state index is -1.11. The van der Waals surface area contributed by atoms with Crippen LogP contribution in [0.5, 0.6) is 0 Å². The van der Waals surface area contributed by atoms with Gasteiger partial charge in [-0.05, 0) is 56.9 Å². The van der Waals surface area contributed by atoms with Crippen molar-refractivity contribution in [1.29, 1.82) is 0 Å². The van der Waals surface area contributed by atoms with E-state index in [1.807, 2.05) is 45.9 Å². The van der Waals surface area contributed by atoms with Gasteiger partial charge < -0.3 is 18.8 Å². The molecule has 8 heteroatoms. The third-order valence-corrected chi connectivity index (χ3v) is 5.99. The van der Waals surface area contributed by atoms with Crippen molar-refractivity contribution < 1.29 is 28.4 Å². The predicted molar refractivity (Wildman–Crippen MR) is 110 cm³/mol. The van der Waals surface area contributed by atoms with Gasteiger partial charge in [0.25, 0.3) is 0 Å². The Labute approximate surface area is 168 Å². The van der Waals surface area contributed by atoms with Gasteiger partial charge in [0.1, 0.15) is 5.58 Å². The molecule has 2 aromatic rings. The molecule has 1 aromatic heterocycles. The molecular weight excluding hydrogens is 379 g/mol. The van der Waals surface area contributed by atoms with Crippen molar-refractivity contribution in [2.75, 3.05) is 5.75 Å². The van der Waals surface area contributed by atoms with Gasteiger partial charge in [-0.1, -0.05) is 23.9 Å². The fraction of sp³-hybridized carbons (Fsp3) is 0.400. The number of carboxylic acids is 1. The van der Waals surface area contributed by atoms with Crippen molar-refractivity contribution in [2.24, 2.45) is 0 Å². The summed E-state index contributed by atoms with van der Waals surface area (Å²) in [4.78, 5) is 22.6. The molecule has 1 aliphatic rings. The Hall–Kier alpha value is -2.03. The van der Waals surface area contributed by atoms with Gasteiger partial charge in [0, 0.05) is 18.1 Å². The molecule has 0 saturated carbocycles. The van der Waals surface area contributed by atoms with Crippen LogP contribution in [0, 0.1) is 0 Å². The molecular formula is C20H23BO6S. The first kappa shape index (κ1) is 20.7. The number of hydrogen-bond acceptors (Lipinski definition) is 6. The van der Waals surface area contributed by atoms with Gasteiger partial charge in [0.05, 0.1) is 11.2 Å². The van der Waals surface area contributed by atoms with Crippen LogP contribution >= 0.6 is 11.8 Å². The SMILES string of the molecule is CC(=O)SCC(=Cc1ccc2oc(C(=O)O)cc2c1)B1OC(C)(C)C(C)(C)O1. The number of fused-ring (bicyclic) bond motifs is 1. The molecule has 148 valence electrons. The Bertz CT molecular complexity index is 943. The lowest BCUT2D eigenvalue weighted by atomic mass is 9.78. The van der Waals surface area contributed by atoms with E-state index in [4.69, 9.17) is 18.8 Å². The van der Waals surface area contributed by atoms with Crippen LogP contribution in [0.4, 0.5) is 0 Å². The lowest BCUT2D eigenvalue weighted by Crippen LogP contribution is -2.41. The molecule has 0 unspecified atom stereocenters. The van der Waals surface area contributed by atoms with E-state index in [9.17, 15) is 9.59 Å². The second-order valence-electron chi connectivity index (χ2n) is 7.80. The lowest BCUT2D eigenvalue weighted by Gasteiger charge is -2.32. The van der Waals surface area contributed by atoms with E-state index in [0.29, 0.717) is 16.7 Å². The second kappa shape index (κ2) is 7.42. The van der Waals surface area contributed by atoms with Gasteiger partial charge in [-0.2, -0.15) is 0 Å². The lowest BCUT2D eigenvalue weighted by molar-refractivity contribution is -0.109. The number of carbonyl (C=O) groups excluding carboxylic acids is 1. The van der Waals surface area contributed by atoms with Crippen LogP contribution < -0.4 is 0 Å². The molecule has 1 fully saturated rings. The van der Waals surface area contributed by atoms with Crippen LogP contribution in [-0.4, -0.2) is 40.3 Å². The summed E-state index contributed by atoms with van der Waals surface area (Å²) >= 11 is 1.19. The largest absolute Gasteiger partial charge is 0.491 e. The van der Waals surface area contributed by atoms with Gasteiger partial charge in [-0.3, -0.25) is 4.79 Å². The van der Waals surface area contributed by atoms with Gasteiger partial charge >= 0.3 is 13.1 Å². The van der Waals surface area contributed by atoms with Crippen LogP contribution in [0.15, 0.2) is 34.2 Å². The number of hydrogen-bond donors (Lipinski definition) is 1. The maximum absolute atomic E-state index is 11.5. The first-order valence-corrected chi connectivity index (χ1v) is 9.93. The van der Waals surface area contributed by atoms with E-state index in [0.717, 1.165) is 11.0 Å². The quantitative estimate of drug-likeness (QED) is 0.741. The molecule has 1 aliphatic heterocycles. The highest BCUT2D eigenvalue weighted by atomic mass is 32.2. The fourth-order valence-corrected chi connectivity index (χ4v) is 3.42. The first-order valence-electron chi connectivity index (χ1n) is 8.95. The number of carbonyl (C=O) groups is 2. The summed E-state index contributed by atoms with van der Waals surface area (Å²) in [5, 5.41) is 9.80. The third-order valence-electron chi connectivity index (χ3n) is 5.10. The number of carboxylic acid groups (broad SMARTS) is 1. The van der Waals surface area contributed by atoms with Crippen molar-refractivity contribution in [2.45, 2.75) is 45.8 Å². The van der Waals surface area contributed by atoms with Crippen molar-refractivity contribution in [3.63, 3.8) is 0 Å². The summed E-state index contributed by atoms with van der Waals surface area (Å²) in [6.07, 6.45) is 1.92. The normalized spacial score (nSPS) is 18.6. The van der Waals surface area contributed by atoms with E-state index in [2.05, 4.69) is 0 Å². The summed E-state index contributed by atoms with van der Waals surface area (Å²) in [6.45, 7) is 9.44. The summed E-state index contributed by atoms with van der Waals surface area (Å²) in [5.41, 5.74) is 1.22. The maximum atomic E-state index is 11.5. The van der Waals surface area contributed by atoms with Crippen LogP contribution in [-0.2, 0) is 14.1 Å². The summed E-state index contributed by atoms with van der Waals surface area (Å²) in [6, 6.07) is 6.90. The van der Waals surface area contributed by atoms with Crippen molar-refractivity contribution in [1.82, 2.24) is 0 Å². The standard InChI is InChI=1S/C20H23BO6S/c1-12(22)28-11-15(21-26-19(2,3)20(4,5)27-21)9-13-6-7-16-14(8-13)10-17(25-16)18(23)24/h6-10H,11H2,1-5H3,(H,23,24). The average Bonchev–Trinajstić information content (AvgIpc) is 3.09. The average molecular weight is 402 g/mol. The van der Waals surface area contributed by atoms with Crippen LogP contribution in [0.3, 0.4) is 0 Å². The molecule has 3 rings (SSSR count). The van der Waals surface area contributed by atoms with E-state index in [-0.39, 0.29) is 10.9 Å². The Balaban J connectivity index is 1.95. The molecule has 6 nitrogen and oxygen atoms in total. The first-order chi connectivity index (χ1) is 13.0. The molecule has 0 radical (unpaired) electrons. The zero-order chi connectivity index (χ0) is 20.7. The highest BCUT2D eigenvalue weighted by Gasteiger charge is 2.52. The minimum absolute atomic E-state index is 0.0128. The van der Waals surface area contributed by atoms with Crippen LogP contribution in [0.1, 0.15) is 50.7 Å². The molecule has 28 heavy (non-hydrogen) atoms. The van der Waals surface area contributed by atoms with Crippen molar-refractivity contribution in [3.05, 3.63) is 41.1 Å². The fourth-order valence-electron chi connectivity index (χ4n) is 2.83. The summed E-state index contributed by atoms with van der Waals surface area (Å²) < 4.78 is 17.6. The number of furan rings is 1. The second-order valence-corrected chi connectivity index (χ2v) is 8.95. The predicted octanol–water partition coefficient (Wildman–Crippen LogP) is 4.43. The Morgan fingerprint density at radius 1 is 1.14 bits per heavy atom. The number of rotatable bonds is 5. The molecule has 0 atom stereocenters. The summed E-state index contributed by atoms with van der Waals surface area (Å²) in [5.74, 6) is -0.769. The Morgan fingerprint density at radius 3 is 2.36 bits per heavy atom. The summed E-state index contributed by atoms with van der Waals surface area (Å²) in [7, 11) is -0.563. The van der Waals surface area contributed by atoms with Gasteiger partial charge in [0.15, 0.2) is 5.12 Å². The molecule has 1 aromatic carbocycles. The van der Waals surface area contributed by atoms with E-state index in [1.165, 1.54) is 24.8 Å². The van der Waals surface area contributed by atoms with Crippen molar-refractivity contribution in [3.8, 4) is 0 Å². The van der Waals surface area contributed by atoms with Gasteiger partial charge in [-0.25, -0.2) is 4.79 Å². The minimum Gasteiger partial charge on any atom is -0.475 e. The van der Waals surface area contributed by atoms with E-state index < -0.39 is 24.3 Å². The smallest absolute Gasteiger partial charge is 0.475 e. The third kappa shape index (κ3) is 4.19. The zero-order valence-corrected chi connectivity index (χ0v) is 17.4. The molecule has 2 heterocycles. The topological polar surface area (TPSA) is 86.0 Å². The molecule has 0 spiro atoms.